The van der Waals surface area contributed by atoms with Crippen molar-refractivity contribution in [2.75, 3.05) is 12.4 Å². The van der Waals surface area contributed by atoms with Gasteiger partial charge >= 0.3 is 5.97 Å². The minimum atomic E-state index is -0.812. The summed E-state index contributed by atoms with van der Waals surface area (Å²) >= 11 is 5.92. The lowest BCUT2D eigenvalue weighted by atomic mass is 9.94. The van der Waals surface area contributed by atoms with Crippen LogP contribution in [0.3, 0.4) is 0 Å². The van der Waals surface area contributed by atoms with Crippen LogP contribution in [0, 0.1) is 24.5 Å². The minimum Gasteiger partial charge on any atom is -0.469 e. The molecule has 4 aromatic rings. The lowest BCUT2D eigenvalue weighted by Crippen LogP contribution is -2.30. The molecule has 0 spiro atoms. The molecule has 3 heterocycles. The fraction of sp³-hybridized carbons (Fsp3) is 0.290. The number of amides is 2. The third-order valence-corrected chi connectivity index (χ3v) is 7.90. The van der Waals surface area contributed by atoms with Crippen LogP contribution in [-0.4, -0.2) is 44.9 Å². The zero-order chi connectivity index (χ0) is 31.5. The summed E-state index contributed by atoms with van der Waals surface area (Å²) in [4.78, 5) is 42.7. The van der Waals surface area contributed by atoms with Crippen LogP contribution in [0.2, 0.25) is 5.02 Å². The predicted octanol–water partition coefficient (Wildman–Crippen LogP) is 5.51. The predicted molar refractivity (Wildman–Crippen MR) is 158 cm³/mol. The Bertz CT molecular complexity index is 1760. The molecule has 2 aromatic carbocycles. The highest BCUT2D eigenvalue weighted by molar-refractivity contribution is 6.30. The largest absolute Gasteiger partial charge is 0.469 e. The molecule has 2 atom stereocenters. The van der Waals surface area contributed by atoms with E-state index in [1.165, 1.54) is 30.0 Å². The van der Waals surface area contributed by atoms with E-state index >= 15 is 4.39 Å². The number of ether oxygens (including phenoxy) is 1. The number of pyridine rings is 1. The Kier molecular flexibility index (Phi) is 9.00. The van der Waals surface area contributed by atoms with Gasteiger partial charge in [-0.15, -0.1) is 5.10 Å². The molecule has 44 heavy (non-hydrogen) atoms. The van der Waals surface area contributed by atoms with E-state index in [-0.39, 0.29) is 40.0 Å². The van der Waals surface area contributed by atoms with E-state index in [1.54, 1.807) is 38.1 Å². The van der Waals surface area contributed by atoms with Gasteiger partial charge in [-0.3, -0.25) is 19.4 Å². The molecule has 1 aliphatic rings. The minimum absolute atomic E-state index is 0.000601. The van der Waals surface area contributed by atoms with Gasteiger partial charge in [-0.05, 0) is 49.6 Å². The number of fused-ring (bicyclic) bond motifs is 4. The smallest absolute Gasteiger partial charge is 0.309 e. The maximum absolute atomic E-state index is 15.4. The van der Waals surface area contributed by atoms with Gasteiger partial charge in [0.15, 0.2) is 11.5 Å². The Balaban J connectivity index is 1.51. The molecule has 1 aliphatic heterocycles. The molecule has 228 valence electrons. The third-order valence-electron chi connectivity index (χ3n) is 7.61. The number of anilines is 1. The average molecular weight is 623 g/mol. The number of hydrogen-bond acceptors (Lipinski definition) is 7. The van der Waals surface area contributed by atoms with Crippen LogP contribution in [-0.2, 0) is 20.7 Å². The molecule has 0 radical (unpaired) electrons. The van der Waals surface area contributed by atoms with Gasteiger partial charge in [-0.2, -0.15) is 0 Å². The fourth-order valence-electron chi connectivity index (χ4n) is 5.11. The summed E-state index contributed by atoms with van der Waals surface area (Å²) in [5.74, 6) is -3.05. The standard InChI is InChI=1S/C31H29ClF2N6O4/c1-16-6-4-8-23(36-31(43)29-17(2)40(39-38-29)26-9-5-7-21(32)28(26)34)20-14-24(35-15-22(20)33)19-11-10-18(13-27(41)44-3)12-25(19)37-30(16)42/h5,7,9-12,14-16,23H,4,6,8,13H2,1-3H3,(H,36,43)(H,37,42)/t16-,23+/m1/s1. The zero-order valence-corrected chi connectivity index (χ0v) is 24.9. The number of esters is 1. The summed E-state index contributed by atoms with van der Waals surface area (Å²) in [6.45, 7) is 3.34. The summed E-state index contributed by atoms with van der Waals surface area (Å²) in [7, 11) is 1.29. The molecular weight excluding hydrogens is 594 g/mol. The van der Waals surface area contributed by atoms with Gasteiger partial charge in [0, 0.05) is 17.0 Å². The summed E-state index contributed by atoms with van der Waals surface area (Å²) in [6, 6.07) is 10.2. The molecule has 0 fully saturated rings. The second-order valence-electron chi connectivity index (χ2n) is 10.6. The lowest BCUT2D eigenvalue weighted by molar-refractivity contribution is -0.139. The number of methoxy groups -OCH3 is 1. The van der Waals surface area contributed by atoms with Crippen molar-refractivity contribution in [3.63, 3.8) is 0 Å². The summed E-state index contributed by atoms with van der Waals surface area (Å²) in [6.07, 6.45) is 2.31. The van der Waals surface area contributed by atoms with E-state index in [0.29, 0.717) is 41.8 Å². The third kappa shape index (κ3) is 6.30. The monoisotopic (exact) mass is 622 g/mol. The first kappa shape index (κ1) is 30.7. The highest BCUT2D eigenvalue weighted by Crippen LogP contribution is 2.34. The maximum atomic E-state index is 15.4. The number of nitrogens with zero attached hydrogens (tertiary/aromatic N) is 4. The highest BCUT2D eigenvalue weighted by Gasteiger charge is 2.27. The normalized spacial score (nSPS) is 16.6. The summed E-state index contributed by atoms with van der Waals surface area (Å²) < 4.78 is 36.0. The number of benzene rings is 2. The van der Waals surface area contributed by atoms with Crippen LogP contribution in [0.15, 0.2) is 48.7 Å². The number of aromatic nitrogens is 4. The molecule has 10 nitrogen and oxygen atoms in total. The molecule has 2 aromatic heterocycles. The Morgan fingerprint density at radius 3 is 2.75 bits per heavy atom. The first-order valence-electron chi connectivity index (χ1n) is 13.9. The number of carbonyl (C=O) groups is 3. The van der Waals surface area contributed by atoms with Gasteiger partial charge in [-0.1, -0.05) is 48.4 Å². The van der Waals surface area contributed by atoms with Crippen LogP contribution in [0.5, 0.6) is 0 Å². The number of carbonyl (C=O) groups excluding carboxylic acids is 3. The molecule has 2 amide bonds. The number of nitrogens with one attached hydrogen (secondary N) is 2. The van der Waals surface area contributed by atoms with Crippen molar-refractivity contribution in [3.05, 3.63) is 87.8 Å². The average Bonchev–Trinajstić information content (AvgIpc) is 3.38. The molecule has 5 rings (SSSR count). The van der Waals surface area contributed by atoms with Gasteiger partial charge < -0.3 is 15.4 Å². The maximum Gasteiger partial charge on any atom is 0.309 e. The summed E-state index contributed by atoms with van der Waals surface area (Å²) in [5, 5.41) is 13.6. The first-order chi connectivity index (χ1) is 21.1. The van der Waals surface area contributed by atoms with E-state index in [0.717, 1.165) is 6.20 Å². The van der Waals surface area contributed by atoms with E-state index in [4.69, 9.17) is 16.3 Å². The van der Waals surface area contributed by atoms with Crippen LogP contribution in [0.4, 0.5) is 14.5 Å². The molecule has 0 saturated carbocycles. The van der Waals surface area contributed by atoms with Crippen molar-refractivity contribution >= 4 is 35.1 Å². The van der Waals surface area contributed by atoms with E-state index < -0.39 is 35.5 Å². The Labute approximate surface area is 256 Å². The van der Waals surface area contributed by atoms with Gasteiger partial charge in [0.05, 0.1) is 47.9 Å². The van der Waals surface area contributed by atoms with Gasteiger partial charge in [0.2, 0.25) is 5.91 Å². The van der Waals surface area contributed by atoms with Crippen molar-refractivity contribution in [3.8, 4) is 16.9 Å². The van der Waals surface area contributed by atoms with Crippen LogP contribution >= 0.6 is 11.6 Å². The van der Waals surface area contributed by atoms with Crippen molar-refractivity contribution in [2.24, 2.45) is 5.92 Å². The van der Waals surface area contributed by atoms with Gasteiger partial charge in [-0.25, -0.2) is 13.5 Å². The number of rotatable bonds is 5. The zero-order valence-electron chi connectivity index (χ0n) is 24.2. The topological polar surface area (TPSA) is 128 Å². The molecule has 2 N–H and O–H groups in total. The van der Waals surface area contributed by atoms with Crippen molar-refractivity contribution in [1.29, 1.82) is 0 Å². The quantitative estimate of drug-likeness (QED) is 0.281. The van der Waals surface area contributed by atoms with Gasteiger partial charge in [0.1, 0.15) is 11.5 Å². The molecule has 0 saturated heterocycles. The highest BCUT2D eigenvalue weighted by atomic mass is 35.5. The second kappa shape index (κ2) is 12.9. The molecule has 13 heteroatoms. The number of halogens is 3. The van der Waals surface area contributed by atoms with Crippen molar-refractivity contribution < 1.29 is 27.9 Å². The second-order valence-corrected chi connectivity index (χ2v) is 11.0. The van der Waals surface area contributed by atoms with E-state index in [1.807, 2.05) is 0 Å². The SMILES string of the molecule is COC(=O)Cc1ccc2c(c1)NC(=O)[C@H](C)CCC[C@H](NC(=O)c1nnn(-c3cccc(Cl)c3F)c1C)c1cc-2ncc1F. The van der Waals surface area contributed by atoms with Crippen molar-refractivity contribution in [2.45, 2.75) is 45.6 Å². The number of hydrogen-bond donors (Lipinski definition) is 2. The molecule has 2 bridgehead atoms. The van der Waals surface area contributed by atoms with Gasteiger partial charge in [0.25, 0.3) is 5.91 Å². The lowest BCUT2D eigenvalue weighted by Gasteiger charge is -2.23. The molecule has 0 unspecified atom stereocenters. The van der Waals surface area contributed by atoms with Crippen LogP contribution in [0.1, 0.15) is 59.5 Å². The molecule has 0 aliphatic carbocycles. The Hall–Kier alpha value is -4.71. The van der Waals surface area contributed by atoms with E-state index in [2.05, 4.69) is 25.9 Å². The van der Waals surface area contributed by atoms with E-state index in [9.17, 15) is 18.8 Å². The van der Waals surface area contributed by atoms with Crippen LogP contribution < -0.4 is 10.6 Å². The fourth-order valence-corrected chi connectivity index (χ4v) is 5.28. The van der Waals surface area contributed by atoms with Crippen molar-refractivity contribution in [1.82, 2.24) is 25.3 Å². The van der Waals surface area contributed by atoms with Crippen LogP contribution in [0.25, 0.3) is 16.9 Å². The molecular formula is C31H29ClF2N6O4. The Morgan fingerprint density at radius 2 is 1.98 bits per heavy atom. The first-order valence-corrected chi connectivity index (χ1v) is 14.3. The summed E-state index contributed by atoms with van der Waals surface area (Å²) in [5.41, 5.74) is 2.30. The Morgan fingerprint density at radius 1 is 1.18 bits per heavy atom.